The number of thiazole rings is 1. The third-order valence-electron chi connectivity index (χ3n) is 8.17. The van der Waals surface area contributed by atoms with Gasteiger partial charge >= 0.3 is 6.01 Å². The maximum Gasteiger partial charge on any atom is 0.319 e. The zero-order valence-corrected chi connectivity index (χ0v) is 24.1. The minimum Gasteiger partial charge on any atom is -0.459 e. The number of anilines is 2. The molecular weight excluding hydrogens is 572 g/mol. The number of nitrogen functional groups attached to an aromatic ring is 1. The fourth-order valence-corrected chi connectivity index (χ4v) is 7.40. The fourth-order valence-electron chi connectivity index (χ4n) is 6.34. The van der Waals surface area contributed by atoms with Crippen LogP contribution in [-0.4, -0.2) is 84.0 Å². The monoisotopic (exact) mass is 601 g/mol. The van der Waals surface area contributed by atoms with Gasteiger partial charge in [0.1, 0.15) is 23.3 Å². The van der Waals surface area contributed by atoms with Gasteiger partial charge < -0.3 is 25.4 Å². The van der Waals surface area contributed by atoms with Gasteiger partial charge in [-0.25, -0.2) is 13.8 Å². The Morgan fingerprint density at radius 1 is 1.15 bits per heavy atom. The number of piperazine rings is 1. The molecule has 0 radical (unpaired) electrons. The smallest absolute Gasteiger partial charge is 0.319 e. The van der Waals surface area contributed by atoms with E-state index in [1.165, 1.54) is 12.1 Å². The summed E-state index contributed by atoms with van der Waals surface area (Å²) in [6, 6.07) is 5.02. The van der Waals surface area contributed by atoms with Crippen LogP contribution in [0.3, 0.4) is 0 Å². The summed E-state index contributed by atoms with van der Waals surface area (Å²) in [5.74, 6) is -0.491. The number of benzene rings is 2. The maximum atomic E-state index is 16.7. The fraction of sp³-hybridized carbons (Fsp3) is 0.464. The summed E-state index contributed by atoms with van der Waals surface area (Å²) in [7, 11) is 0. The summed E-state index contributed by atoms with van der Waals surface area (Å²) in [6.45, 7) is 7.29. The number of fused-ring (bicyclic) bond motifs is 4. The molecule has 3 aliphatic rings. The number of hydrogen-bond donors (Lipinski definition) is 2. The summed E-state index contributed by atoms with van der Waals surface area (Å²) in [5, 5.41) is 4.35. The first-order valence-corrected chi connectivity index (χ1v) is 15.1. The number of ether oxygens (including phenoxy) is 2. The van der Waals surface area contributed by atoms with Gasteiger partial charge in [-0.2, -0.15) is 9.97 Å². The third kappa shape index (κ3) is 4.85. The van der Waals surface area contributed by atoms with E-state index in [2.05, 4.69) is 25.1 Å². The van der Waals surface area contributed by atoms with Gasteiger partial charge in [-0.1, -0.05) is 22.9 Å². The minimum absolute atomic E-state index is 0.0923. The highest BCUT2D eigenvalue weighted by atomic mass is 35.5. The van der Waals surface area contributed by atoms with Crippen LogP contribution in [0.1, 0.15) is 19.8 Å². The van der Waals surface area contributed by atoms with Gasteiger partial charge in [-0.15, -0.1) is 0 Å². The van der Waals surface area contributed by atoms with E-state index >= 15 is 4.39 Å². The molecule has 41 heavy (non-hydrogen) atoms. The molecular formula is C28H30ClF2N7O2S. The Balaban J connectivity index is 1.37. The van der Waals surface area contributed by atoms with Crippen molar-refractivity contribution in [2.24, 2.45) is 0 Å². The Kier molecular flexibility index (Phi) is 7.06. The number of nitrogens with zero attached hydrogens (tertiary/aromatic N) is 5. The number of rotatable bonds is 6. The first-order chi connectivity index (χ1) is 19.9. The van der Waals surface area contributed by atoms with Crippen LogP contribution in [0.2, 0.25) is 5.02 Å². The molecule has 216 valence electrons. The van der Waals surface area contributed by atoms with E-state index in [4.69, 9.17) is 31.8 Å². The molecule has 3 N–H and O–H groups in total. The molecule has 7 rings (SSSR count). The van der Waals surface area contributed by atoms with Crippen molar-refractivity contribution in [3.8, 4) is 17.1 Å². The van der Waals surface area contributed by atoms with Crippen LogP contribution in [0.15, 0.2) is 18.2 Å². The number of morpholine rings is 1. The molecule has 0 amide bonds. The van der Waals surface area contributed by atoms with Gasteiger partial charge in [-0.3, -0.25) is 4.90 Å². The maximum absolute atomic E-state index is 16.7. The SMILES string of the molecule is C[C@@H](CN1CCOCC1)Oc1nc(N2C3CCC2CNC3)c2cc(Cl)c(-c3ccc(F)c4sc(N)nc34)c(F)c2n1. The second kappa shape index (κ2) is 10.7. The third-order valence-corrected chi connectivity index (χ3v) is 9.36. The highest BCUT2D eigenvalue weighted by molar-refractivity contribution is 7.22. The molecule has 0 saturated carbocycles. The summed E-state index contributed by atoms with van der Waals surface area (Å²) in [5.41, 5.74) is 6.70. The van der Waals surface area contributed by atoms with Gasteiger partial charge in [0.25, 0.3) is 0 Å². The van der Waals surface area contributed by atoms with E-state index in [1.807, 2.05) is 6.92 Å². The van der Waals surface area contributed by atoms with Crippen LogP contribution in [0, 0.1) is 11.6 Å². The van der Waals surface area contributed by atoms with Gasteiger partial charge in [-0.05, 0) is 38.0 Å². The second-order valence-corrected chi connectivity index (χ2v) is 12.3. The minimum atomic E-state index is -0.635. The average Bonchev–Trinajstić information content (AvgIpc) is 3.46. The first kappa shape index (κ1) is 27.0. The van der Waals surface area contributed by atoms with Gasteiger partial charge in [0.2, 0.25) is 0 Å². The van der Waals surface area contributed by atoms with E-state index in [0.29, 0.717) is 36.5 Å². The number of hydrogen-bond acceptors (Lipinski definition) is 10. The molecule has 0 aliphatic carbocycles. The Morgan fingerprint density at radius 2 is 1.90 bits per heavy atom. The van der Waals surface area contributed by atoms with Gasteiger partial charge in [0.15, 0.2) is 10.9 Å². The molecule has 2 aromatic carbocycles. The van der Waals surface area contributed by atoms with Crippen LogP contribution in [0.25, 0.3) is 32.2 Å². The molecule has 3 atom stereocenters. The Morgan fingerprint density at radius 3 is 2.66 bits per heavy atom. The van der Waals surface area contributed by atoms with Crippen LogP contribution in [-0.2, 0) is 4.74 Å². The van der Waals surface area contributed by atoms with Crippen molar-refractivity contribution in [2.75, 3.05) is 56.6 Å². The predicted molar refractivity (Wildman–Crippen MR) is 157 cm³/mol. The van der Waals surface area contributed by atoms with Crippen LogP contribution in [0.4, 0.5) is 19.7 Å². The molecule has 9 nitrogen and oxygen atoms in total. The van der Waals surface area contributed by atoms with Crippen molar-refractivity contribution in [3.63, 3.8) is 0 Å². The van der Waals surface area contributed by atoms with Gasteiger partial charge in [0.05, 0.1) is 28.5 Å². The van der Waals surface area contributed by atoms with Crippen molar-refractivity contribution >= 4 is 55.0 Å². The Hall–Kier alpha value is -2.90. The van der Waals surface area contributed by atoms with Crippen LogP contribution < -0.4 is 20.7 Å². The summed E-state index contributed by atoms with van der Waals surface area (Å²) < 4.78 is 43.2. The van der Waals surface area contributed by atoms with Crippen molar-refractivity contribution in [3.05, 3.63) is 34.9 Å². The van der Waals surface area contributed by atoms with E-state index in [1.54, 1.807) is 6.07 Å². The zero-order chi connectivity index (χ0) is 28.2. The lowest BCUT2D eigenvalue weighted by Gasteiger charge is -2.37. The molecule has 2 aromatic heterocycles. The van der Waals surface area contributed by atoms with Crippen LogP contribution >= 0.6 is 22.9 Å². The van der Waals surface area contributed by atoms with Crippen LogP contribution in [0.5, 0.6) is 6.01 Å². The Labute approximate surface area is 244 Å². The standard InChI is InChI=1S/C28H30ClF2N7O2S/c1-14(13-37-6-8-39-9-7-37)40-28-35-23-18(26(36-28)38-15-2-3-16(38)12-33-11-15)10-19(29)21(22(23)31)17-4-5-20(30)25-24(17)34-27(32)41-25/h4-5,10,14-16,33H,2-3,6-9,11-13H2,1H3,(H2,32,34)/t14-,15?,16?/m0/s1. The second-order valence-electron chi connectivity index (χ2n) is 10.9. The molecule has 5 heterocycles. The largest absolute Gasteiger partial charge is 0.459 e. The van der Waals surface area contributed by atoms with Crippen molar-refractivity contribution in [1.29, 1.82) is 0 Å². The van der Waals surface area contributed by atoms with Crippen molar-refractivity contribution in [1.82, 2.24) is 25.2 Å². The zero-order valence-electron chi connectivity index (χ0n) is 22.5. The number of aromatic nitrogens is 3. The molecule has 3 saturated heterocycles. The van der Waals surface area contributed by atoms with E-state index in [9.17, 15) is 4.39 Å². The first-order valence-electron chi connectivity index (χ1n) is 13.9. The summed E-state index contributed by atoms with van der Waals surface area (Å²) in [4.78, 5) is 18.3. The lowest BCUT2D eigenvalue weighted by Crippen LogP contribution is -2.52. The lowest BCUT2D eigenvalue weighted by molar-refractivity contribution is 0.0207. The van der Waals surface area contributed by atoms with Crippen molar-refractivity contribution < 1.29 is 18.3 Å². The predicted octanol–water partition coefficient (Wildman–Crippen LogP) is 4.46. The molecule has 4 aromatic rings. The highest BCUT2D eigenvalue weighted by Crippen LogP contribution is 2.44. The molecule has 0 spiro atoms. The topological polar surface area (TPSA) is 102 Å². The highest BCUT2D eigenvalue weighted by Gasteiger charge is 2.39. The summed E-state index contributed by atoms with van der Waals surface area (Å²) in [6.07, 6.45) is 1.79. The molecule has 3 fully saturated rings. The van der Waals surface area contributed by atoms with E-state index in [0.717, 1.165) is 50.4 Å². The van der Waals surface area contributed by atoms with Gasteiger partial charge in [0, 0.05) is 61.3 Å². The molecule has 3 aliphatic heterocycles. The lowest BCUT2D eigenvalue weighted by atomic mass is 10.0. The Bertz CT molecular complexity index is 1620. The van der Waals surface area contributed by atoms with E-state index in [-0.39, 0.29) is 55.6 Å². The quantitative estimate of drug-likeness (QED) is 0.332. The number of nitrogens with two attached hydrogens (primary N) is 1. The molecule has 2 bridgehead atoms. The number of halogens is 3. The normalized spacial score (nSPS) is 22.1. The number of nitrogens with one attached hydrogen (secondary N) is 1. The summed E-state index contributed by atoms with van der Waals surface area (Å²) >= 11 is 7.81. The molecule has 2 unspecified atom stereocenters. The van der Waals surface area contributed by atoms with Crippen molar-refractivity contribution in [2.45, 2.75) is 38.0 Å². The van der Waals surface area contributed by atoms with E-state index < -0.39 is 11.6 Å². The average molecular weight is 602 g/mol. The molecule has 13 heteroatoms.